The molecule has 0 unspecified atom stereocenters. The van der Waals surface area contributed by atoms with Gasteiger partial charge in [-0.25, -0.2) is 4.98 Å². The Labute approximate surface area is 139 Å². The lowest BCUT2D eigenvalue weighted by Gasteiger charge is -2.20. The predicted octanol–water partition coefficient (Wildman–Crippen LogP) is 4.64. The minimum atomic E-state index is -0.0943. The Morgan fingerprint density at radius 1 is 1.35 bits per heavy atom. The Morgan fingerprint density at radius 2 is 2.17 bits per heavy atom. The number of thiazole rings is 1. The molecule has 0 atom stereocenters. The van der Waals surface area contributed by atoms with Crippen molar-refractivity contribution in [3.8, 4) is 0 Å². The van der Waals surface area contributed by atoms with Crippen molar-refractivity contribution in [2.45, 2.75) is 33.7 Å². The number of carbonyl (C=O) groups is 1. The number of aryl methyl sites for hydroxylation is 1. The zero-order valence-electron chi connectivity index (χ0n) is 13.6. The number of fused-ring (bicyclic) bond motifs is 1. The molecule has 3 aromatic rings. The highest BCUT2D eigenvalue weighted by Crippen LogP contribution is 2.31. The Kier molecular flexibility index (Phi) is 4.48. The summed E-state index contributed by atoms with van der Waals surface area (Å²) in [5, 5.41) is 0.725. The number of furan rings is 1. The minimum Gasteiger partial charge on any atom is -0.467 e. The second kappa shape index (κ2) is 6.54. The first-order chi connectivity index (χ1) is 11.1. The van der Waals surface area contributed by atoms with Gasteiger partial charge >= 0.3 is 0 Å². The number of anilines is 1. The zero-order valence-corrected chi connectivity index (χ0v) is 14.4. The van der Waals surface area contributed by atoms with Gasteiger partial charge in [0.05, 0.1) is 23.0 Å². The van der Waals surface area contributed by atoms with Crippen LogP contribution in [0.2, 0.25) is 0 Å². The molecule has 0 aliphatic rings. The van der Waals surface area contributed by atoms with Crippen molar-refractivity contribution in [1.82, 2.24) is 4.98 Å². The second-order valence-electron chi connectivity index (χ2n) is 5.81. The standard InChI is InChI=1S/C18H20N2O2S/c1-4-13-7-8-15-16(10-13)23-18(19-15)20(17(21)12(2)3)11-14-6-5-9-22-14/h5-10,12H,4,11H2,1-3H3. The van der Waals surface area contributed by atoms with Crippen LogP contribution in [-0.2, 0) is 17.8 Å². The van der Waals surface area contributed by atoms with Gasteiger partial charge in [-0.1, -0.05) is 38.2 Å². The summed E-state index contributed by atoms with van der Waals surface area (Å²) in [6, 6.07) is 9.98. The van der Waals surface area contributed by atoms with Crippen LogP contribution in [-0.4, -0.2) is 10.9 Å². The molecule has 0 fully saturated rings. The normalized spacial score (nSPS) is 11.3. The van der Waals surface area contributed by atoms with Crippen LogP contribution in [0.3, 0.4) is 0 Å². The molecule has 0 bridgehead atoms. The molecule has 2 aromatic heterocycles. The topological polar surface area (TPSA) is 46.3 Å². The van der Waals surface area contributed by atoms with Crippen LogP contribution in [0.1, 0.15) is 32.1 Å². The molecule has 120 valence electrons. The van der Waals surface area contributed by atoms with Crippen molar-refractivity contribution in [1.29, 1.82) is 0 Å². The fourth-order valence-electron chi connectivity index (χ4n) is 2.40. The largest absolute Gasteiger partial charge is 0.467 e. The summed E-state index contributed by atoms with van der Waals surface area (Å²) in [6.45, 7) is 6.35. The van der Waals surface area contributed by atoms with Crippen LogP contribution < -0.4 is 4.90 Å². The van der Waals surface area contributed by atoms with E-state index >= 15 is 0 Å². The molecule has 23 heavy (non-hydrogen) atoms. The van der Waals surface area contributed by atoms with Crippen LogP contribution in [0, 0.1) is 5.92 Å². The molecular weight excluding hydrogens is 308 g/mol. The third-order valence-electron chi connectivity index (χ3n) is 3.73. The maximum Gasteiger partial charge on any atom is 0.231 e. The Bertz CT molecular complexity index is 806. The van der Waals surface area contributed by atoms with Gasteiger partial charge in [0.25, 0.3) is 0 Å². The molecule has 0 aliphatic carbocycles. The summed E-state index contributed by atoms with van der Waals surface area (Å²) in [5.41, 5.74) is 2.21. The first kappa shape index (κ1) is 15.7. The van der Waals surface area contributed by atoms with Crippen molar-refractivity contribution in [3.63, 3.8) is 0 Å². The van der Waals surface area contributed by atoms with Crippen molar-refractivity contribution in [2.24, 2.45) is 5.92 Å². The smallest absolute Gasteiger partial charge is 0.231 e. The van der Waals surface area contributed by atoms with E-state index in [9.17, 15) is 4.79 Å². The first-order valence-electron chi connectivity index (χ1n) is 7.81. The second-order valence-corrected chi connectivity index (χ2v) is 6.82. The molecule has 3 rings (SSSR count). The summed E-state index contributed by atoms with van der Waals surface area (Å²) >= 11 is 1.55. The summed E-state index contributed by atoms with van der Waals surface area (Å²) in [7, 11) is 0. The quantitative estimate of drug-likeness (QED) is 0.685. The van der Waals surface area contributed by atoms with Crippen LogP contribution in [0.5, 0.6) is 0 Å². The van der Waals surface area contributed by atoms with Gasteiger partial charge in [-0.05, 0) is 36.2 Å². The van der Waals surface area contributed by atoms with E-state index in [4.69, 9.17) is 4.42 Å². The van der Waals surface area contributed by atoms with Crippen LogP contribution in [0.25, 0.3) is 10.2 Å². The predicted molar refractivity (Wildman–Crippen MR) is 93.7 cm³/mol. The Balaban J connectivity index is 1.99. The fraction of sp³-hybridized carbons (Fsp3) is 0.333. The number of rotatable bonds is 5. The van der Waals surface area contributed by atoms with E-state index < -0.39 is 0 Å². The van der Waals surface area contributed by atoms with Crippen molar-refractivity contribution in [3.05, 3.63) is 47.9 Å². The van der Waals surface area contributed by atoms with E-state index in [0.29, 0.717) is 6.54 Å². The van der Waals surface area contributed by atoms with Crippen LogP contribution in [0.4, 0.5) is 5.13 Å². The molecule has 0 saturated carbocycles. The lowest BCUT2D eigenvalue weighted by atomic mass is 10.2. The van der Waals surface area contributed by atoms with Gasteiger partial charge in [0.1, 0.15) is 5.76 Å². The van der Waals surface area contributed by atoms with E-state index in [0.717, 1.165) is 27.5 Å². The van der Waals surface area contributed by atoms with Crippen LogP contribution in [0.15, 0.2) is 41.0 Å². The molecule has 4 nitrogen and oxygen atoms in total. The average Bonchev–Trinajstić information content (AvgIpc) is 3.19. The molecule has 1 aromatic carbocycles. The number of hydrogen-bond acceptors (Lipinski definition) is 4. The van der Waals surface area contributed by atoms with E-state index in [1.807, 2.05) is 32.0 Å². The molecule has 0 N–H and O–H groups in total. The van der Waals surface area contributed by atoms with E-state index in [2.05, 4.69) is 24.0 Å². The zero-order chi connectivity index (χ0) is 16.4. The van der Waals surface area contributed by atoms with Gasteiger partial charge in [-0.15, -0.1) is 0 Å². The lowest BCUT2D eigenvalue weighted by Crippen LogP contribution is -2.33. The SMILES string of the molecule is CCc1ccc2nc(N(Cc3ccco3)C(=O)C(C)C)sc2c1. The van der Waals surface area contributed by atoms with Crippen molar-refractivity contribution >= 4 is 32.6 Å². The summed E-state index contributed by atoms with van der Waals surface area (Å²) < 4.78 is 6.52. The van der Waals surface area contributed by atoms with Gasteiger partial charge in [0.2, 0.25) is 5.91 Å². The highest BCUT2D eigenvalue weighted by atomic mass is 32.1. The summed E-state index contributed by atoms with van der Waals surface area (Å²) in [6.07, 6.45) is 2.61. The summed E-state index contributed by atoms with van der Waals surface area (Å²) in [5.74, 6) is 0.715. The number of amides is 1. The highest BCUT2D eigenvalue weighted by molar-refractivity contribution is 7.22. The molecule has 2 heterocycles. The van der Waals surface area contributed by atoms with Crippen molar-refractivity contribution in [2.75, 3.05) is 4.90 Å². The average molecular weight is 328 g/mol. The molecule has 1 amide bonds. The molecule has 5 heteroatoms. The van der Waals surface area contributed by atoms with Crippen LogP contribution >= 0.6 is 11.3 Å². The molecule has 0 radical (unpaired) electrons. The van der Waals surface area contributed by atoms with Gasteiger partial charge in [0.15, 0.2) is 5.13 Å². The van der Waals surface area contributed by atoms with E-state index in [1.54, 1.807) is 22.5 Å². The summed E-state index contributed by atoms with van der Waals surface area (Å²) in [4.78, 5) is 19.0. The maximum atomic E-state index is 12.6. The molecule has 0 spiro atoms. The number of nitrogens with zero attached hydrogens (tertiary/aromatic N) is 2. The minimum absolute atomic E-state index is 0.0520. The highest BCUT2D eigenvalue weighted by Gasteiger charge is 2.23. The van der Waals surface area contributed by atoms with Crippen molar-refractivity contribution < 1.29 is 9.21 Å². The number of hydrogen-bond donors (Lipinski definition) is 0. The van der Waals surface area contributed by atoms with E-state index in [1.165, 1.54) is 5.56 Å². The Hall–Kier alpha value is -2.14. The third-order valence-corrected chi connectivity index (χ3v) is 4.78. The Morgan fingerprint density at radius 3 is 2.83 bits per heavy atom. The van der Waals surface area contributed by atoms with Gasteiger partial charge < -0.3 is 4.42 Å². The third kappa shape index (κ3) is 3.29. The number of benzene rings is 1. The first-order valence-corrected chi connectivity index (χ1v) is 8.63. The van der Waals surface area contributed by atoms with Gasteiger partial charge in [0, 0.05) is 5.92 Å². The van der Waals surface area contributed by atoms with Gasteiger partial charge in [-0.3, -0.25) is 9.69 Å². The monoisotopic (exact) mass is 328 g/mol. The number of aromatic nitrogens is 1. The molecular formula is C18H20N2O2S. The van der Waals surface area contributed by atoms with Gasteiger partial charge in [-0.2, -0.15) is 0 Å². The fourth-order valence-corrected chi connectivity index (χ4v) is 3.44. The molecule has 0 saturated heterocycles. The van der Waals surface area contributed by atoms with E-state index in [-0.39, 0.29) is 11.8 Å². The number of carbonyl (C=O) groups excluding carboxylic acids is 1. The maximum absolute atomic E-state index is 12.6. The lowest BCUT2D eigenvalue weighted by molar-refractivity contribution is -0.121. The molecule has 0 aliphatic heterocycles.